The molecule has 102 valence electrons. The van der Waals surface area contributed by atoms with Gasteiger partial charge in [0.2, 0.25) is 0 Å². The maximum atomic E-state index is 13.7. The third-order valence-electron chi connectivity index (χ3n) is 3.08. The average Bonchev–Trinajstić information content (AvgIpc) is 2.70. The van der Waals surface area contributed by atoms with E-state index in [0.29, 0.717) is 26.0 Å². The molecule has 0 spiro atoms. The molecule has 6 heteroatoms. The molecular weight excluding hydrogens is 375 g/mol. The number of benzene rings is 1. The van der Waals surface area contributed by atoms with Crippen molar-refractivity contribution in [2.24, 2.45) is 0 Å². The first-order valence-electron chi connectivity index (χ1n) is 5.99. The van der Waals surface area contributed by atoms with Gasteiger partial charge < -0.3 is 0 Å². The molecule has 0 N–H and O–H groups in total. The minimum absolute atomic E-state index is 0.268. The zero-order valence-electron chi connectivity index (χ0n) is 10.6. The third kappa shape index (κ3) is 2.28. The van der Waals surface area contributed by atoms with Crippen molar-refractivity contribution in [2.45, 2.75) is 13.5 Å². The number of hydrogen-bond donors (Lipinski definition) is 0. The average molecular weight is 385 g/mol. The molecule has 1 aromatic carbocycles. The molecule has 0 bridgehead atoms. The molecule has 0 radical (unpaired) electrons. The molecule has 2 aromatic heterocycles. The Morgan fingerprint density at radius 1 is 1.20 bits per heavy atom. The summed E-state index contributed by atoms with van der Waals surface area (Å²) in [6.45, 7) is 1.87. The van der Waals surface area contributed by atoms with Gasteiger partial charge in [0, 0.05) is 5.56 Å². The molecule has 3 nitrogen and oxygen atoms in total. The maximum Gasteiger partial charge on any atom is 0.159 e. The normalized spacial score (nSPS) is 11.2. The van der Waals surface area contributed by atoms with Crippen LogP contribution in [0.15, 0.2) is 30.3 Å². The van der Waals surface area contributed by atoms with Gasteiger partial charge in [0.1, 0.15) is 15.3 Å². The summed E-state index contributed by atoms with van der Waals surface area (Å²) in [4.78, 5) is 4.22. The zero-order valence-corrected chi connectivity index (χ0v) is 12.7. The van der Waals surface area contributed by atoms with Crippen molar-refractivity contribution in [3.63, 3.8) is 0 Å². The maximum absolute atomic E-state index is 13.7. The Labute approximate surface area is 127 Å². The molecule has 0 saturated heterocycles. The molecule has 3 aromatic rings. The van der Waals surface area contributed by atoms with Crippen molar-refractivity contribution >= 4 is 33.6 Å². The minimum Gasteiger partial charge on any atom is -0.242 e. The first-order chi connectivity index (χ1) is 9.56. The summed E-state index contributed by atoms with van der Waals surface area (Å²) in [7, 11) is 0. The predicted octanol–water partition coefficient (Wildman–Crippen LogP) is 3.67. The van der Waals surface area contributed by atoms with Crippen LogP contribution in [0.5, 0.6) is 0 Å². The van der Waals surface area contributed by atoms with E-state index in [1.54, 1.807) is 29.8 Å². The molecule has 2 heterocycles. The molecule has 0 atom stereocenters. The highest BCUT2D eigenvalue weighted by Crippen LogP contribution is 2.22. The van der Waals surface area contributed by atoms with Gasteiger partial charge in [0.25, 0.3) is 0 Å². The quantitative estimate of drug-likeness (QED) is 0.631. The van der Waals surface area contributed by atoms with Gasteiger partial charge in [-0.05, 0) is 41.6 Å². The first kappa shape index (κ1) is 13.4. The second-order valence-electron chi connectivity index (χ2n) is 4.47. The second-order valence-corrected chi connectivity index (χ2v) is 5.49. The second kappa shape index (κ2) is 5.08. The number of nitrogens with zero attached hydrogens (tertiary/aromatic N) is 3. The predicted molar refractivity (Wildman–Crippen MR) is 80.4 cm³/mol. The van der Waals surface area contributed by atoms with Crippen LogP contribution in [-0.2, 0) is 6.54 Å². The summed E-state index contributed by atoms with van der Waals surface area (Å²) in [5.74, 6) is -0.647. The lowest BCUT2D eigenvalue weighted by atomic mass is 10.2. The van der Waals surface area contributed by atoms with E-state index < -0.39 is 0 Å². The summed E-state index contributed by atoms with van der Waals surface area (Å²) >= 11 is 2.03. The number of hydrogen-bond acceptors (Lipinski definition) is 2. The van der Waals surface area contributed by atoms with E-state index in [0.717, 1.165) is 0 Å². The molecule has 0 saturated carbocycles. The third-order valence-corrected chi connectivity index (χ3v) is 3.88. The summed E-state index contributed by atoms with van der Waals surface area (Å²) in [5, 5.41) is 4.96. The SMILES string of the molecule is Cc1nc2c(cc1F)c(I)nn2Cc1ccccc1F. The first-order valence-corrected chi connectivity index (χ1v) is 7.06. The van der Waals surface area contributed by atoms with Crippen molar-refractivity contribution in [3.05, 3.63) is 56.9 Å². The Hall–Kier alpha value is -1.57. The lowest BCUT2D eigenvalue weighted by Crippen LogP contribution is -2.05. The van der Waals surface area contributed by atoms with Crippen molar-refractivity contribution < 1.29 is 8.78 Å². The molecular formula is C14H10F2IN3. The number of rotatable bonds is 2. The molecule has 0 aliphatic rings. The van der Waals surface area contributed by atoms with Crippen molar-refractivity contribution in [1.29, 1.82) is 0 Å². The smallest absolute Gasteiger partial charge is 0.159 e. The number of aryl methyl sites for hydroxylation is 1. The van der Waals surface area contributed by atoms with Gasteiger partial charge in [-0.25, -0.2) is 18.4 Å². The highest BCUT2D eigenvalue weighted by molar-refractivity contribution is 14.1. The number of pyridine rings is 1. The Balaban J connectivity index is 2.13. The van der Waals surface area contributed by atoms with Crippen LogP contribution in [0.25, 0.3) is 11.0 Å². The highest BCUT2D eigenvalue weighted by Gasteiger charge is 2.14. The van der Waals surface area contributed by atoms with Crippen LogP contribution in [0.1, 0.15) is 11.3 Å². The minimum atomic E-state index is -0.360. The molecule has 0 aliphatic heterocycles. The fraction of sp³-hybridized carbons (Fsp3) is 0.143. The molecule has 0 unspecified atom stereocenters. The van der Waals surface area contributed by atoms with E-state index in [1.165, 1.54) is 12.1 Å². The lowest BCUT2D eigenvalue weighted by molar-refractivity contribution is 0.586. The molecule has 20 heavy (non-hydrogen) atoms. The van der Waals surface area contributed by atoms with E-state index in [1.807, 2.05) is 22.6 Å². The van der Waals surface area contributed by atoms with E-state index >= 15 is 0 Å². The van der Waals surface area contributed by atoms with Crippen LogP contribution < -0.4 is 0 Å². The van der Waals surface area contributed by atoms with E-state index in [-0.39, 0.29) is 18.2 Å². The van der Waals surface area contributed by atoms with Gasteiger partial charge in [0.05, 0.1) is 17.6 Å². The van der Waals surface area contributed by atoms with Gasteiger partial charge in [-0.15, -0.1) is 0 Å². The fourth-order valence-corrected chi connectivity index (χ4v) is 2.68. The summed E-state index contributed by atoms with van der Waals surface area (Å²) in [6.07, 6.45) is 0. The summed E-state index contributed by atoms with van der Waals surface area (Å²) < 4.78 is 29.5. The van der Waals surface area contributed by atoms with Crippen molar-refractivity contribution in [1.82, 2.24) is 14.8 Å². The molecule has 0 aliphatic carbocycles. The largest absolute Gasteiger partial charge is 0.242 e. The van der Waals surface area contributed by atoms with Crippen LogP contribution in [0.4, 0.5) is 8.78 Å². The van der Waals surface area contributed by atoms with Gasteiger partial charge >= 0.3 is 0 Å². The van der Waals surface area contributed by atoms with Crippen LogP contribution in [-0.4, -0.2) is 14.8 Å². The van der Waals surface area contributed by atoms with Crippen LogP contribution >= 0.6 is 22.6 Å². The van der Waals surface area contributed by atoms with E-state index in [9.17, 15) is 8.78 Å². The number of halogens is 3. The van der Waals surface area contributed by atoms with Gasteiger partial charge in [-0.3, -0.25) is 0 Å². The highest BCUT2D eigenvalue weighted by atomic mass is 127. The Morgan fingerprint density at radius 3 is 2.70 bits per heavy atom. The number of aromatic nitrogens is 3. The Kier molecular flexibility index (Phi) is 3.41. The van der Waals surface area contributed by atoms with Gasteiger partial charge in [-0.2, -0.15) is 5.10 Å². The van der Waals surface area contributed by atoms with Crippen LogP contribution in [0.2, 0.25) is 0 Å². The Morgan fingerprint density at radius 2 is 1.95 bits per heavy atom. The molecule has 0 fully saturated rings. The number of fused-ring (bicyclic) bond motifs is 1. The van der Waals surface area contributed by atoms with E-state index in [4.69, 9.17) is 0 Å². The van der Waals surface area contributed by atoms with E-state index in [2.05, 4.69) is 10.1 Å². The summed E-state index contributed by atoms with van der Waals surface area (Å²) in [5.41, 5.74) is 1.40. The standard InChI is InChI=1S/C14H10F2IN3/c1-8-12(16)6-10-13(17)19-20(14(10)18-8)7-9-4-2-3-5-11(9)15/h2-6H,7H2,1H3. The van der Waals surface area contributed by atoms with Crippen molar-refractivity contribution in [3.8, 4) is 0 Å². The monoisotopic (exact) mass is 385 g/mol. The Bertz CT molecular complexity index is 798. The van der Waals surface area contributed by atoms with Crippen molar-refractivity contribution in [2.75, 3.05) is 0 Å². The summed E-state index contributed by atoms with van der Waals surface area (Å²) in [6, 6.07) is 7.94. The van der Waals surface area contributed by atoms with Gasteiger partial charge in [0.15, 0.2) is 5.65 Å². The van der Waals surface area contributed by atoms with Gasteiger partial charge in [-0.1, -0.05) is 18.2 Å². The zero-order chi connectivity index (χ0) is 14.3. The fourth-order valence-electron chi connectivity index (χ4n) is 2.02. The molecule has 0 amide bonds. The topological polar surface area (TPSA) is 30.7 Å². The lowest BCUT2D eigenvalue weighted by Gasteiger charge is -2.05. The van der Waals surface area contributed by atoms with Crippen LogP contribution in [0.3, 0.4) is 0 Å². The molecule has 3 rings (SSSR count). The van der Waals surface area contributed by atoms with Crippen LogP contribution in [0, 0.1) is 22.3 Å².